The number of benzene rings is 1. The van der Waals surface area contributed by atoms with Gasteiger partial charge in [-0.25, -0.2) is 4.39 Å². The fraction of sp³-hybridized carbons (Fsp3) is 0.333. The van der Waals surface area contributed by atoms with Crippen LogP contribution in [0.5, 0.6) is 0 Å². The molecule has 1 amide bonds. The number of Topliss-reactive ketones (excluding diaryl/α,β-unsaturated/α-hetero) is 1. The number of hydrogen-bond donors (Lipinski definition) is 1. The summed E-state index contributed by atoms with van der Waals surface area (Å²) in [5.41, 5.74) is 5.63. The molecule has 4 nitrogen and oxygen atoms in total. The molecule has 0 atom stereocenters. The fourth-order valence-electron chi connectivity index (χ4n) is 1.31. The minimum Gasteiger partial charge on any atom is -0.396 e. The Morgan fingerprint density at radius 2 is 1.94 bits per heavy atom. The molecule has 1 aromatic rings. The summed E-state index contributed by atoms with van der Waals surface area (Å²) in [6, 6.07) is 3.81. The molecule has 0 radical (unpaired) electrons. The number of halogens is 1. The molecule has 0 aliphatic rings. The first-order valence-corrected chi connectivity index (χ1v) is 5.20. The molecule has 0 bridgehead atoms. The van der Waals surface area contributed by atoms with Crippen LogP contribution in [0.2, 0.25) is 0 Å². The summed E-state index contributed by atoms with van der Waals surface area (Å²) in [4.78, 5) is 24.4. The molecule has 0 heterocycles. The van der Waals surface area contributed by atoms with Crippen molar-refractivity contribution in [2.75, 3.05) is 19.8 Å². The molecule has 0 fully saturated rings. The molecule has 17 heavy (non-hydrogen) atoms. The van der Waals surface area contributed by atoms with Gasteiger partial charge in [-0.2, -0.15) is 0 Å². The Morgan fingerprint density at radius 1 is 1.29 bits per heavy atom. The van der Waals surface area contributed by atoms with Crippen molar-refractivity contribution < 1.29 is 14.0 Å². The lowest BCUT2D eigenvalue weighted by atomic mass is 10.1. The van der Waals surface area contributed by atoms with Crippen molar-refractivity contribution >= 4 is 17.4 Å². The van der Waals surface area contributed by atoms with Crippen molar-refractivity contribution in [3.8, 4) is 0 Å². The van der Waals surface area contributed by atoms with Crippen LogP contribution in [0.4, 0.5) is 10.1 Å². The Hall–Kier alpha value is -1.91. The van der Waals surface area contributed by atoms with Crippen molar-refractivity contribution in [2.45, 2.75) is 12.8 Å². The van der Waals surface area contributed by atoms with E-state index >= 15 is 0 Å². The third kappa shape index (κ3) is 3.55. The molecule has 0 unspecified atom stereocenters. The van der Waals surface area contributed by atoms with Crippen LogP contribution in [0.25, 0.3) is 0 Å². The third-order valence-electron chi connectivity index (χ3n) is 2.38. The maximum atomic E-state index is 12.9. The molecule has 92 valence electrons. The van der Waals surface area contributed by atoms with Crippen LogP contribution < -0.4 is 5.73 Å². The van der Waals surface area contributed by atoms with Gasteiger partial charge in [0.1, 0.15) is 5.82 Å². The highest BCUT2D eigenvalue weighted by Crippen LogP contribution is 2.14. The van der Waals surface area contributed by atoms with Crippen LogP contribution in [0.3, 0.4) is 0 Å². The fourth-order valence-corrected chi connectivity index (χ4v) is 1.31. The summed E-state index contributed by atoms with van der Waals surface area (Å²) in [6.45, 7) is 0. The molecule has 0 saturated carbocycles. The smallest absolute Gasteiger partial charge is 0.222 e. The lowest BCUT2D eigenvalue weighted by molar-refractivity contribution is -0.128. The molecule has 0 aliphatic carbocycles. The van der Waals surface area contributed by atoms with E-state index in [2.05, 4.69) is 0 Å². The van der Waals surface area contributed by atoms with Gasteiger partial charge in [0.05, 0.1) is 5.69 Å². The molecule has 1 rings (SSSR count). The first-order chi connectivity index (χ1) is 7.91. The predicted molar refractivity (Wildman–Crippen MR) is 63.1 cm³/mol. The van der Waals surface area contributed by atoms with E-state index in [0.717, 1.165) is 6.07 Å². The molecule has 0 aliphatic heterocycles. The zero-order valence-corrected chi connectivity index (χ0v) is 9.87. The van der Waals surface area contributed by atoms with E-state index in [1.165, 1.54) is 17.0 Å². The van der Waals surface area contributed by atoms with Gasteiger partial charge >= 0.3 is 0 Å². The summed E-state index contributed by atoms with van der Waals surface area (Å²) in [5.74, 6) is -0.883. The van der Waals surface area contributed by atoms with E-state index in [4.69, 9.17) is 5.73 Å². The number of hydrogen-bond acceptors (Lipinski definition) is 3. The second-order valence-electron chi connectivity index (χ2n) is 3.95. The number of ketones is 1. The number of nitrogens with zero attached hydrogens (tertiary/aromatic N) is 1. The molecule has 0 aromatic heterocycles. The zero-order valence-electron chi connectivity index (χ0n) is 9.87. The minimum atomic E-state index is -0.550. The molecule has 5 heteroatoms. The van der Waals surface area contributed by atoms with E-state index in [-0.39, 0.29) is 30.2 Å². The van der Waals surface area contributed by atoms with Gasteiger partial charge in [0.2, 0.25) is 5.91 Å². The lowest BCUT2D eigenvalue weighted by Crippen LogP contribution is -2.22. The summed E-state index contributed by atoms with van der Waals surface area (Å²) in [5, 5.41) is 0. The van der Waals surface area contributed by atoms with Crippen LogP contribution in [0.1, 0.15) is 23.2 Å². The largest absolute Gasteiger partial charge is 0.396 e. The lowest BCUT2D eigenvalue weighted by Gasteiger charge is -2.09. The first kappa shape index (κ1) is 13.2. The van der Waals surface area contributed by atoms with Gasteiger partial charge in [0.15, 0.2) is 5.78 Å². The van der Waals surface area contributed by atoms with Crippen molar-refractivity contribution in [1.82, 2.24) is 4.90 Å². The van der Waals surface area contributed by atoms with Crippen molar-refractivity contribution in [1.29, 1.82) is 0 Å². The summed E-state index contributed by atoms with van der Waals surface area (Å²) < 4.78 is 12.9. The Bertz CT molecular complexity index is 444. The number of rotatable bonds is 4. The van der Waals surface area contributed by atoms with Crippen LogP contribution in [0, 0.1) is 5.82 Å². The monoisotopic (exact) mass is 238 g/mol. The van der Waals surface area contributed by atoms with Crippen LogP contribution >= 0.6 is 0 Å². The van der Waals surface area contributed by atoms with Gasteiger partial charge in [-0.1, -0.05) is 0 Å². The Labute approximate surface area is 99.2 Å². The Morgan fingerprint density at radius 3 is 2.47 bits per heavy atom. The highest BCUT2D eigenvalue weighted by Gasteiger charge is 2.11. The molecular weight excluding hydrogens is 223 g/mol. The van der Waals surface area contributed by atoms with E-state index in [1.54, 1.807) is 14.1 Å². The minimum absolute atomic E-state index is 0.0604. The molecule has 1 aromatic carbocycles. The Kier molecular flexibility index (Phi) is 4.20. The summed E-state index contributed by atoms with van der Waals surface area (Å²) >= 11 is 0. The number of carbonyl (C=O) groups is 2. The SMILES string of the molecule is CN(C)C(=O)CCC(=O)c1ccc(F)c(N)c1. The van der Waals surface area contributed by atoms with Gasteiger partial charge in [0, 0.05) is 32.5 Å². The zero-order chi connectivity index (χ0) is 13.0. The van der Waals surface area contributed by atoms with Crippen LogP contribution in [-0.2, 0) is 4.79 Å². The number of anilines is 1. The van der Waals surface area contributed by atoms with Crippen molar-refractivity contribution in [3.63, 3.8) is 0 Å². The van der Waals surface area contributed by atoms with Gasteiger partial charge in [-0.15, -0.1) is 0 Å². The molecular formula is C12H15FN2O2. The highest BCUT2D eigenvalue weighted by molar-refractivity contribution is 5.98. The second-order valence-corrected chi connectivity index (χ2v) is 3.95. The van der Waals surface area contributed by atoms with Gasteiger partial charge in [0.25, 0.3) is 0 Å². The van der Waals surface area contributed by atoms with Crippen molar-refractivity contribution in [3.05, 3.63) is 29.6 Å². The van der Waals surface area contributed by atoms with Crippen LogP contribution in [0.15, 0.2) is 18.2 Å². The highest BCUT2D eigenvalue weighted by atomic mass is 19.1. The number of amides is 1. The number of nitrogens with two attached hydrogens (primary N) is 1. The first-order valence-electron chi connectivity index (χ1n) is 5.20. The van der Waals surface area contributed by atoms with E-state index in [1.807, 2.05) is 0 Å². The van der Waals surface area contributed by atoms with E-state index in [9.17, 15) is 14.0 Å². The Balaban J connectivity index is 2.64. The maximum Gasteiger partial charge on any atom is 0.222 e. The average Bonchev–Trinajstić information content (AvgIpc) is 2.28. The molecule has 0 spiro atoms. The topological polar surface area (TPSA) is 63.4 Å². The van der Waals surface area contributed by atoms with E-state index in [0.29, 0.717) is 5.56 Å². The summed E-state index contributed by atoms with van der Waals surface area (Å²) in [7, 11) is 3.26. The molecule has 0 saturated heterocycles. The summed E-state index contributed by atoms with van der Waals surface area (Å²) in [6.07, 6.45) is 0.241. The standard InChI is InChI=1S/C12H15FN2O2/c1-15(2)12(17)6-5-11(16)8-3-4-9(13)10(14)7-8/h3-4,7H,5-6,14H2,1-2H3. The van der Waals surface area contributed by atoms with E-state index < -0.39 is 5.82 Å². The van der Waals surface area contributed by atoms with Crippen molar-refractivity contribution in [2.24, 2.45) is 0 Å². The average molecular weight is 238 g/mol. The second kappa shape index (κ2) is 5.43. The van der Waals surface area contributed by atoms with Crippen LogP contribution in [-0.4, -0.2) is 30.7 Å². The predicted octanol–water partition coefficient (Wildman–Crippen LogP) is 1.46. The number of nitrogen functional groups attached to an aromatic ring is 1. The maximum absolute atomic E-state index is 12.9. The third-order valence-corrected chi connectivity index (χ3v) is 2.38. The van der Waals surface area contributed by atoms with Gasteiger partial charge in [-0.3, -0.25) is 9.59 Å². The quantitative estimate of drug-likeness (QED) is 0.638. The number of carbonyl (C=O) groups excluding carboxylic acids is 2. The van der Waals surface area contributed by atoms with Gasteiger partial charge < -0.3 is 10.6 Å². The molecule has 2 N–H and O–H groups in total. The normalized spacial score (nSPS) is 10.1. The van der Waals surface area contributed by atoms with Gasteiger partial charge in [-0.05, 0) is 18.2 Å².